The van der Waals surface area contributed by atoms with Crippen LogP contribution in [-0.2, 0) is 4.74 Å². The molecular formula is C19H24N2O4. The summed E-state index contributed by atoms with van der Waals surface area (Å²) in [7, 11) is 0. The van der Waals surface area contributed by atoms with E-state index in [1.54, 1.807) is 17.9 Å². The van der Waals surface area contributed by atoms with Crippen molar-refractivity contribution in [3.63, 3.8) is 0 Å². The van der Waals surface area contributed by atoms with E-state index in [-0.39, 0.29) is 17.6 Å². The number of nitrogens with two attached hydrogens (primary N) is 1. The van der Waals surface area contributed by atoms with Gasteiger partial charge < -0.3 is 19.8 Å². The third-order valence-electron chi connectivity index (χ3n) is 4.72. The first kappa shape index (κ1) is 17.6. The second-order valence-corrected chi connectivity index (χ2v) is 6.39. The summed E-state index contributed by atoms with van der Waals surface area (Å²) in [5, 5.41) is 0.797. The summed E-state index contributed by atoms with van der Waals surface area (Å²) in [6, 6.07) is 7.28. The summed E-state index contributed by atoms with van der Waals surface area (Å²) in [6.07, 6.45) is 2.55. The number of para-hydroxylation sites is 1. The van der Waals surface area contributed by atoms with Crippen molar-refractivity contribution in [1.29, 1.82) is 0 Å². The van der Waals surface area contributed by atoms with Gasteiger partial charge in [0.25, 0.3) is 5.91 Å². The van der Waals surface area contributed by atoms with Crippen LogP contribution in [0, 0.1) is 6.92 Å². The van der Waals surface area contributed by atoms with E-state index in [1.165, 1.54) is 0 Å². The highest BCUT2D eigenvalue weighted by molar-refractivity contribution is 5.99. The Bertz CT molecular complexity index is 807. The Kier molecular flexibility index (Phi) is 5.50. The number of fused-ring (bicyclic) bond motifs is 1. The average Bonchev–Trinajstić information content (AvgIpc) is 2.62. The summed E-state index contributed by atoms with van der Waals surface area (Å²) in [4.78, 5) is 26.9. The number of benzene rings is 1. The monoisotopic (exact) mass is 344 g/mol. The lowest BCUT2D eigenvalue weighted by Gasteiger charge is -2.32. The molecule has 2 heterocycles. The predicted octanol–water partition coefficient (Wildman–Crippen LogP) is 2.07. The molecule has 0 saturated carbocycles. The van der Waals surface area contributed by atoms with Crippen molar-refractivity contribution < 1.29 is 13.9 Å². The fourth-order valence-electron chi connectivity index (χ4n) is 3.27. The van der Waals surface area contributed by atoms with Crippen LogP contribution >= 0.6 is 0 Å². The molecule has 134 valence electrons. The largest absolute Gasteiger partial charge is 0.422 e. The zero-order valence-corrected chi connectivity index (χ0v) is 14.5. The predicted molar refractivity (Wildman–Crippen MR) is 95.8 cm³/mol. The average molecular weight is 344 g/mol. The Morgan fingerprint density at radius 3 is 2.76 bits per heavy atom. The molecule has 6 nitrogen and oxygen atoms in total. The molecule has 25 heavy (non-hydrogen) atoms. The molecule has 2 aromatic rings. The van der Waals surface area contributed by atoms with Crippen molar-refractivity contribution in [3.05, 3.63) is 45.8 Å². The molecule has 1 aliphatic rings. The topological polar surface area (TPSA) is 85.8 Å². The van der Waals surface area contributed by atoms with E-state index in [0.717, 1.165) is 24.6 Å². The second kappa shape index (κ2) is 7.80. The Morgan fingerprint density at radius 2 is 2.04 bits per heavy atom. The smallest absolute Gasteiger partial charge is 0.349 e. The van der Waals surface area contributed by atoms with E-state index in [0.29, 0.717) is 37.4 Å². The Labute approximate surface area is 146 Å². The number of carbonyl (C=O) groups excluding carboxylic acids is 1. The van der Waals surface area contributed by atoms with Crippen LogP contribution in [0.5, 0.6) is 0 Å². The number of ether oxygens (including phenoxy) is 1. The maximum absolute atomic E-state index is 12.9. The number of hydrogen-bond donors (Lipinski definition) is 1. The molecule has 2 N–H and O–H groups in total. The molecule has 6 heteroatoms. The van der Waals surface area contributed by atoms with Gasteiger partial charge >= 0.3 is 5.63 Å². The van der Waals surface area contributed by atoms with Crippen molar-refractivity contribution in [3.8, 4) is 0 Å². The van der Waals surface area contributed by atoms with Crippen LogP contribution in [0.25, 0.3) is 11.0 Å². The number of aryl methyl sites for hydroxylation is 1. The Balaban J connectivity index is 1.74. The van der Waals surface area contributed by atoms with Gasteiger partial charge in [0, 0.05) is 25.1 Å². The van der Waals surface area contributed by atoms with Crippen LogP contribution in [0.2, 0.25) is 0 Å². The van der Waals surface area contributed by atoms with Crippen LogP contribution in [0.3, 0.4) is 0 Å². The molecule has 0 unspecified atom stereocenters. The molecule has 1 aliphatic heterocycles. The quantitative estimate of drug-likeness (QED) is 0.663. The zero-order valence-electron chi connectivity index (χ0n) is 14.5. The maximum Gasteiger partial charge on any atom is 0.349 e. The van der Waals surface area contributed by atoms with E-state index >= 15 is 0 Å². The zero-order chi connectivity index (χ0) is 17.8. The van der Waals surface area contributed by atoms with Crippen molar-refractivity contribution in [2.45, 2.75) is 32.3 Å². The van der Waals surface area contributed by atoms with Crippen molar-refractivity contribution >= 4 is 16.9 Å². The summed E-state index contributed by atoms with van der Waals surface area (Å²) in [5.74, 6) is -0.252. The fourth-order valence-corrected chi connectivity index (χ4v) is 3.27. The summed E-state index contributed by atoms with van der Waals surface area (Å²) in [6.45, 7) is 4.24. The highest BCUT2D eigenvalue weighted by Crippen LogP contribution is 2.22. The highest BCUT2D eigenvalue weighted by atomic mass is 16.5. The van der Waals surface area contributed by atoms with E-state index in [2.05, 4.69) is 0 Å². The molecule has 0 radical (unpaired) electrons. The molecule has 1 saturated heterocycles. The summed E-state index contributed by atoms with van der Waals surface area (Å²) >= 11 is 0. The van der Waals surface area contributed by atoms with Crippen LogP contribution in [0.1, 0.15) is 35.2 Å². The number of piperidine rings is 1. The van der Waals surface area contributed by atoms with Gasteiger partial charge in [-0.25, -0.2) is 4.79 Å². The molecule has 1 aromatic heterocycles. The first-order valence-corrected chi connectivity index (χ1v) is 8.75. The van der Waals surface area contributed by atoms with Gasteiger partial charge in [0.05, 0.1) is 6.10 Å². The Hall–Kier alpha value is -2.18. The van der Waals surface area contributed by atoms with Crippen molar-refractivity contribution in [2.24, 2.45) is 5.73 Å². The van der Waals surface area contributed by atoms with Crippen molar-refractivity contribution in [1.82, 2.24) is 4.90 Å². The molecule has 0 spiro atoms. The molecule has 1 fully saturated rings. The van der Waals surface area contributed by atoms with E-state index in [1.807, 2.05) is 18.2 Å². The van der Waals surface area contributed by atoms with E-state index < -0.39 is 5.63 Å². The van der Waals surface area contributed by atoms with Crippen LogP contribution < -0.4 is 11.4 Å². The molecule has 1 amide bonds. The van der Waals surface area contributed by atoms with Crippen molar-refractivity contribution in [2.75, 3.05) is 26.2 Å². The lowest BCUT2D eigenvalue weighted by molar-refractivity contribution is 0.00833. The minimum Gasteiger partial charge on any atom is -0.422 e. The molecule has 3 rings (SSSR count). The van der Waals surface area contributed by atoms with Crippen LogP contribution in [0.15, 0.2) is 33.5 Å². The standard InChI is InChI=1S/C19H24N2O4/c1-13-15-5-2-3-6-16(15)25-19(23)17(13)18(22)21-10-7-14(8-11-21)24-12-4-9-20/h2-3,5-6,14H,4,7-12,20H2,1H3. The normalized spacial score (nSPS) is 15.7. The molecule has 0 bridgehead atoms. The molecule has 0 aliphatic carbocycles. The van der Waals surface area contributed by atoms with Crippen LogP contribution in [-0.4, -0.2) is 43.2 Å². The molecule has 0 atom stereocenters. The van der Waals surface area contributed by atoms with Gasteiger partial charge in [-0.2, -0.15) is 0 Å². The van der Waals surface area contributed by atoms with Gasteiger partial charge in [-0.3, -0.25) is 4.79 Å². The Morgan fingerprint density at radius 1 is 1.32 bits per heavy atom. The van der Waals surface area contributed by atoms with Gasteiger partial charge in [0.15, 0.2) is 0 Å². The minimum atomic E-state index is -0.567. The first-order valence-electron chi connectivity index (χ1n) is 8.75. The number of likely N-dealkylation sites (tertiary alicyclic amines) is 1. The van der Waals surface area contributed by atoms with Gasteiger partial charge in [0.1, 0.15) is 11.1 Å². The number of carbonyl (C=O) groups is 1. The lowest BCUT2D eigenvalue weighted by atomic mass is 10.0. The number of amides is 1. The van der Waals surface area contributed by atoms with E-state index in [4.69, 9.17) is 14.9 Å². The second-order valence-electron chi connectivity index (χ2n) is 6.39. The minimum absolute atomic E-state index is 0.140. The molecule has 1 aromatic carbocycles. The number of nitrogens with zero attached hydrogens (tertiary/aromatic N) is 1. The fraction of sp³-hybridized carbons (Fsp3) is 0.474. The summed E-state index contributed by atoms with van der Waals surface area (Å²) in [5.41, 5.74) is 6.23. The van der Waals surface area contributed by atoms with Gasteiger partial charge in [-0.1, -0.05) is 18.2 Å². The molecular weight excluding hydrogens is 320 g/mol. The first-order chi connectivity index (χ1) is 12.1. The maximum atomic E-state index is 12.9. The third-order valence-corrected chi connectivity index (χ3v) is 4.72. The third kappa shape index (κ3) is 3.75. The highest BCUT2D eigenvalue weighted by Gasteiger charge is 2.27. The summed E-state index contributed by atoms with van der Waals surface area (Å²) < 4.78 is 11.1. The van der Waals surface area contributed by atoms with E-state index in [9.17, 15) is 9.59 Å². The number of hydrogen-bond acceptors (Lipinski definition) is 5. The SMILES string of the molecule is Cc1c(C(=O)N2CCC(OCCCN)CC2)c(=O)oc2ccccc12. The van der Waals surface area contributed by atoms with Gasteiger partial charge in [-0.15, -0.1) is 0 Å². The lowest BCUT2D eigenvalue weighted by Crippen LogP contribution is -2.42. The van der Waals surface area contributed by atoms with Gasteiger partial charge in [-0.05, 0) is 44.4 Å². The van der Waals surface area contributed by atoms with Crippen LogP contribution in [0.4, 0.5) is 0 Å². The number of rotatable bonds is 5. The van der Waals surface area contributed by atoms with Gasteiger partial charge in [0.2, 0.25) is 0 Å².